The molecule has 0 N–H and O–H groups in total. The maximum absolute atomic E-state index is 5.13. The van der Waals surface area contributed by atoms with Crippen molar-refractivity contribution in [2.75, 3.05) is 7.11 Å². The van der Waals surface area contributed by atoms with E-state index in [-0.39, 0.29) is 0 Å². The number of nitrogens with zero attached hydrogens (tertiary/aromatic N) is 3. The number of imidazole rings is 1. The van der Waals surface area contributed by atoms with Crippen LogP contribution in [-0.4, -0.2) is 23.6 Å². The first-order valence-corrected chi connectivity index (χ1v) is 11.0. The molecule has 4 nitrogen and oxygen atoms in total. The van der Waals surface area contributed by atoms with Crippen LogP contribution in [-0.2, 0) is 32.9 Å². The maximum atomic E-state index is 5.13. The molecule has 1 aromatic heterocycles. The first kappa shape index (κ1) is 20.6. The van der Waals surface area contributed by atoms with Gasteiger partial charge in [0.2, 0.25) is 0 Å². The Labute approximate surface area is 183 Å². The number of aromatic nitrogens is 2. The van der Waals surface area contributed by atoms with E-state index in [1.807, 2.05) is 19.2 Å². The molecule has 0 unspecified atom stereocenters. The second-order valence-corrected chi connectivity index (χ2v) is 10.8. The number of hydrogen-bond acceptors (Lipinski definition) is 2. The van der Waals surface area contributed by atoms with Gasteiger partial charge in [-0.1, -0.05) is 12.8 Å². The Morgan fingerprint density at radius 1 is 1.17 bits per heavy atom. The number of rotatable bonds is 4. The van der Waals surface area contributed by atoms with Crippen LogP contribution in [0.2, 0.25) is 0 Å². The van der Waals surface area contributed by atoms with Gasteiger partial charge in [-0.3, -0.25) is 0 Å². The summed E-state index contributed by atoms with van der Waals surface area (Å²) in [5.41, 5.74) is 1.27. The summed E-state index contributed by atoms with van der Waals surface area (Å²) in [5.74, 6) is 0.900. The summed E-state index contributed by atoms with van der Waals surface area (Å²) in [7, 11) is 3.73. The van der Waals surface area contributed by atoms with Gasteiger partial charge in [-0.25, -0.2) is 0 Å². The molecule has 7 heteroatoms. The van der Waals surface area contributed by atoms with E-state index < -0.39 is 0 Å². The molecule has 0 aliphatic heterocycles. The minimum atomic E-state index is 0.871. The molecular weight excluding hydrogens is 711 g/mol. The van der Waals surface area contributed by atoms with Gasteiger partial charge < -0.3 is 0 Å². The van der Waals surface area contributed by atoms with Crippen LogP contribution in [0.5, 0.6) is 5.75 Å². The number of aryl methyl sites for hydroxylation is 1. The van der Waals surface area contributed by atoms with Crippen molar-refractivity contribution in [3.05, 3.63) is 46.0 Å². The van der Waals surface area contributed by atoms with Gasteiger partial charge >= 0.3 is 106 Å². The number of halogens is 2. The third kappa shape index (κ3) is 6.25. The van der Waals surface area contributed by atoms with E-state index in [1.54, 1.807) is 7.11 Å². The van der Waals surface area contributed by atoms with Crippen LogP contribution < -0.4 is 4.74 Å². The smallest absolute Gasteiger partial charge is 0.0311 e. The third-order valence-corrected chi connectivity index (χ3v) is 7.10. The number of hydrogen-bond donors (Lipinski definition) is 0. The van der Waals surface area contributed by atoms with Gasteiger partial charge in [0.1, 0.15) is 0 Å². The summed E-state index contributed by atoms with van der Waals surface area (Å²) in [5, 5.41) is 0. The molecule has 0 saturated heterocycles. The molecule has 0 radical (unpaired) electrons. The van der Waals surface area contributed by atoms with Crippen LogP contribution in [0, 0.1) is 3.80 Å². The van der Waals surface area contributed by atoms with E-state index >= 15 is 0 Å². The molecule has 136 valence electrons. The molecule has 1 aromatic carbocycles. The van der Waals surface area contributed by atoms with Crippen molar-refractivity contribution in [2.24, 2.45) is 7.05 Å². The minimum absolute atomic E-state index is 0.871. The molecule has 1 aliphatic rings. The Bertz CT molecular complexity index is 676. The van der Waals surface area contributed by atoms with Crippen molar-refractivity contribution in [3.63, 3.8) is 0 Å². The largest absolute Gasteiger partial charge is 0.185 e. The second-order valence-electron chi connectivity index (χ2n) is 5.82. The van der Waals surface area contributed by atoms with E-state index in [9.17, 15) is 0 Å². The summed E-state index contributed by atoms with van der Waals surface area (Å²) in [4.78, 5) is 0. The van der Waals surface area contributed by atoms with Crippen LogP contribution in [0.15, 0.2) is 36.7 Å². The quantitative estimate of drug-likeness (QED) is 0.330. The van der Waals surface area contributed by atoms with Crippen LogP contribution in [0.25, 0.3) is 0 Å². The molecule has 0 spiro atoms. The number of methoxy groups -OCH3 is 1. The zero-order chi connectivity index (χ0) is 17.5. The molecule has 1 fully saturated rings. The van der Waals surface area contributed by atoms with Crippen molar-refractivity contribution >= 4 is 45.7 Å². The first-order valence-electron chi connectivity index (χ1n) is 7.92. The molecule has 3 rings (SSSR count). The average molecular weight is 734 g/mol. The predicted molar refractivity (Wildman–Crippen MR) is 111 cm³/mol. The van der Waals surface area contributed by atoms with Gasteiger partial charge in [0.05, 0.1) is 0 Å². The fourth-order valence-corrected chi connectivity index (χ4v) is 4.27. The Morgan fingerprint density at radius 2 is 1.79 bits per heavy atom. The molecule has 0 atom stereocenters. The van der Waals surface area contributed by atoms with E-state index in [0.29, 0.717) is 0 Å². The molecule has 0 bridgehead atoms. The molecule has 2 aromatic rings. The summed E-state index contributed by atoms with van der Waals surface area (Å²) >= 11 is 7.05. The van der Waals surface area contributed by atoms with Crippen molar-refractivity contribution < 1.29 is 24.1 Å². The molecule has 0 amide bonds. The Morgan fingerprint density at radius 3 is 2.21 bits per heavy atom. The molecular formula is C17H23I2N3OPt. The number of benzene rings is 1. The fraction of sp³-hybridized carbons (Fsp3) is 0.471. The van der Waals surface area contributed by atoms with Gasteiger partial charge in [0.15, 0.2) is 0 Å². The van der Waals surface area contributed by atoms with E-state index in [0.717, 1.165) is 18.3 Å². The molecule has 1 saturated carbocycles. The normalized spacial score (nSPS) is 14.6. The maximum Gasteiger partial charge on any atom is 0.0311 e. The van der Waals surface area contributed by atoms with Crippen molar-refractivity contribution in [1.82, 2.24) is 10.5 Å². The molecule has 1 heterocycles. The van der Waals surface area contributed by atoms with Gasteiger partial charge in [-0.05, 0) is 12.8 Å². The minimum Gasteiger partial charge on any atom is -0.185 e. The summed E-state index contributed by atoms with van der Waals surface area (Å²) < 4.78 is 12.9. The van der Waals surface area contributed by atoms with E-state index in [1.165, 1.54) is 35.1 Å². The predicted octanol–water partition coefficient (Wildman–Crippen LogP) is 4.89. The Balaban J connectivity index is 0.000000219. The number of ether oxygens (including phenoxy) is 1. The van der Waals surface area contributed by atoms with Gasteiger partial charge in [-0.15, -0.1) is 0 Å². The van der Waals surface area contributed by atoms with Crippen LogP contribution in [0.3, 0.4) is 0 Å². The van der Waals surface area contributed by atoms with Crippen LogP contribution >= 0.6 is 45.7 Å². The summed E-state index contributed by atoms with van der Waals surface area (Å²) in [6.07, 6.45) is 9.84. The topological polar surface area (TPSA) is 22.3 Å². The van der Waals surface area contributed by atoms with Gasteiger partial charge in [0.25, 0.3) is 0 Å². The van der Waals surface area contributed by atoms with E-state index in [2.05, 4.69) is 100 Å². The van der Waals surface area contributed by atoms with Crippen molar-refractivity contribution in [3.8, 4) is 5.75 Å². The fourth-order valence-electron chi connectivity index (χ4n) is 2.64. The van der Waals surface area contributed by atoms with Gasteiger partial charge in [-0.2, -0.15) is 1.33 Å². The summed E-state index contributed by atoms with van der Waals surface area (Å²) in [6, 6.07) is 9.04. The van der Waals surface area contributed by atoms with Crippen molar-refractivity contribution in [1.29, 1.82) is 0 Å². The third-order valence-electron chi connectivity index (χ3n) is 4.07. The molecule has 1 aliphatic carbocycles. The van der Waals surface area contributed by atoms with Gasteiger partial charge in [0, 0.05) is 51.8 Å². The first-order chi connectivity index (χ1) is 11.5. The SMILES string of the molecule is COc1ccc(Cn2ccn(C)[c]2=[Pt])cc1.IN(I)C1CCCC1. The monoisotopic (exact) mass is 734 g/mol. The second kappa shape index (κ2) is 10.5. The standard InChI is InChI=1S/C12H14N2O.C5H9I2N.Pt/c1-13-7-8-14(10-13)9-11-3-5-12(15-2)6-4-11;6-8(7)5-3-1-2-4-5;/h3-8H,9H2,1-2H3;5H,1-4H2;. The summed E-state index contributed by atoms with van der Waals surface area (Å²) in [6.45, 7) is 0.893. The Hall–Kier alpha value is 0.338. The Kier molecular flexibility index (Phi) is 9.01. The molecule has 24 heavy (non-hydrogen) atoms. The van der Waals surface area contributed by atoms with E-state index in [4.69, 9.17) is 4.74 Å². The van der Waals surface area contributed by atoms with Crippen LogP contribution in [0.1, 0.15) is 31.2 Å². The zero-order valence-corrected chi connectivity index (χ0v) is 20.5. The average Bonchev–Trinajstić information content (AvgIpc) is 3.22. The van der Waals surface area contributed by atoms with Crippen molar-refractivity contribution in [2.45, 2.75) is 38.3 Å². The zero-order valence-electron chi connectivity index (χ0n) is 13.9. The van der Waals surface area contributed by atoms with Crippen LogP contribution in [0.4, 0.5) is 0 Å².